The Hall–Kier alpha value is -4.04. The Bertz CT molecular complexity index is 1360. The highest BCUT2D eigenvalue weighted by atomic mass is 16.5. The summed E-state index contributed by atoms with van der Waals surface area (Å²) in [6.45, 7) is 12.8. The molecule has 0 radical (unpaired) electrons. The van der Waals surface area contributed by atoms with Gasteiger partial charge in [-0.15, -0.1) is 0 Å². The van der Waals surface area contributed by atoms with Crippen LogP contribution < -0.4 is 25.2 Å². The van der Waals surface area contributed by atoms with Crippen LogP contribution in [0.4, 0.5) is 17.1 Å². The Morgan fingerprint density at radius 3 is 2.16 bits per heavy atom. The number of unbranched alkanes of at least 4 members (excludes halogenated alkanes) is 3. The quantitative estimate of drug-likeness (QED) is 0.181. The Morgan fingerprint density at radius 1 is 0.800 bits per heavy atom. The summed E-state index contributed by atoms with van der Waals surface area (Å²) in [5.41, 5.74) is 4.99. The zero-order chi connectivity index (χ0) is 32.0. The lowest BCUT2D eigenvalue weighted by atomic mass is 10.0. The van der Waals surface area contributed by atoms with Crippen molar-refractivity contribution < 1.29 is 14.3 Å². The lowest BCUT2D eigenvalue weighted by molar-refractivity contribution is 0.0948. The molecule has 3 aromatic rings. The van der Waals surface area contributed by atoms with Crippen molar-refractivity contribution in [2.75, 3.05) is 74.6 Å². The lowest BCUT2D eigenvalue weighted by Crippen LogP contribution is -2.47. The van der Waals surface area contributed by atoms with Crippen LogP contribution in [0.3, 0.4) is 0 Å². The molecular formula is C37H51N5O3. The van der Waals surface area contributed by atoms with Gasteiger partial charge in [0.15, 0.2) is 0 Å². The second-order valence-corrected chi connectivity index (χ2v) is 11.6. The summed E-state index contributed by atoms with van der Waals surface area (Å²) in [7, 11) is 1.70. The van der Waals surface area contributed by atoms with E-state index in [4.69, 9.17) is 4.74 Å². The number of hydrogen-bond donors (Lipinski definition) is 2. The molecule has 0 spiro atoms. The molecule has 242 valence electrons. The first-order chi connectivity index (χ1) is 22.0. The summed E-state index contributed by atoms with van der Waals surface area (Å²) < 4.78 is 5.59. The van der Waals surface area contributed by atoms with Crippen molar-refractivity contribution in [1.29, 1.82) is 0 Å². The van der Waals surface area contributed by atoms with E-state index in [9.17, 15) is 9.59 Å². The molecule has 1 saturated heterocycles. The van der Waals surface area contributed by atoms with Crippen LogP contribution in [0.2, 0.25) is 0 Å². The van der Waals surface area contributed by atoms with Crippen molar-refractivity contribution in [3.8, 4) is 5.75 Å². The third kappa shape index (κ3) is 9.47. The average Bonchev–Trinajstić information content (AvgIpc) is 3.09. The molecule has 1 heterocycles. The van der Waals surface area contributed by atoms with Gasteiger partial charge in [-0.2, -0.15) is 0 Å². The summed E-state index contributed by atoms with van der Waals surface area (Å²) in [4.78, 5) is 33.7. The van der Waals surface area contributed by atoms with Gasteiger partial charge >= 0.3 is 0 Å². The number of amides is 2. The van der Waals surface area contributed by atoms with Crippen LogP contribution in [-0.4, -0.2) is 76.2 Å². The van der Waals surface area contributed by atoms with Gasteiger partial charge in [-0.1, -0.05) is 64.3 Å². The van der Waals surface area contributed by atoms with E-state index in [-0.39, 0.29) is 11.8 Å². The minimum absolute atomic E-state index is 0.132. The molecule has 8 heteroatoms. The van der Waals surface area contributed by atoms with Gasteiger partial charge in [0, 0.05) is 56.2 Å². The number of methoxy groups -OCH3 is 1. The maximum atomic E-state index is 13.6. The fraction of sp³-hybridized carbons (Fsp3) is 0.459. The molecule has 45 heavy (non-hydrogen) atoms. The third-order valence-corrected chi connectivity index (χ3v) is 8.69. The summed E-state index contributed by atoms with van der Waals surface area (Å²) in [6, 6.07) is 21.6. The van der Waals surface area contributed by atoms with Gasteiger partial charge in [-0.25, -0.2) is 0 Å². The molecule has 2 amide bonds. The standard InChI is InChI=1S/C37H51N5O3/c1-5-8-9-10-13-29-16-18-30(19-17-29)36(43)39-31-20-21-33(32(28-31)37(44)38-22-23-40(6-2)7-3)41-24-26-42(27-25-41)34-14-11-12-15-35(34)45-4/h11-12,14-21,28H,5-10,13,22-27H2,1-4H3,(H,38,44)(H,39,43). The van der Waals surface area contributed by atoms with Crippen LogP contribution >= 0.6 is 0 Å². The largest absolute Gasteiger partial charge is 0.495 e. The number of nitrogens with zero attached hydrogens (tertiary/aromatic N) is 3. The highest BCUT2D eigenvalue weighted by Gasteiger charge is 2.24. The Labute approximate surface area is 269 Å². The predicted molar refractivity (Wildman–Crippen MR) is 186 cm³/mol. The van der Waals surface area contributed by atoms with Gasteiger partial charge in [-0.05, 0) is 74.0 Å². The number of anilines is 3. The minimum atomic E-state index is -0.182. The number of aryl methyl sites for hydroxylation is 1. The summed E-state index contributed by atoms with van der Waals surface area (Å²) in [6.07, 6.45) is 5.91. The fourth-order valence-electron chi connectivity index (χ4n) is 5.90. The van der Waals surface area contributed by atoms with Gasteiger partial charge in [0.05, 0.1) is 18.4 Å². The number of nitrogens with one attached hydrogen (secondary N) is 2. The van der Waals surface area contributed by atoms with E-state index in [0.29, 0.717) is 23.4 Å². The summed E-state index contributed by atoms with van der Waals surface area (Å²) in [5.74, 6) is 0.548. The topological polar surface area (TPSA) is 77.1 Å². The van der Waals surface area contributed by atoms with Crippen LogP contribution in [-0.2, 0) is 6.42 Å². The van der Waals surface area contributed by atoms with Crippen molar-refractivity contribution in [1.82, 2.24) is 10.2 Å². The van der Waals surface area contributed by atoms with E-state index in [1.807, 2.05) is 60.7 Å². The Morgan fingerprint density at radius 2 is 1.49 bits per heavy atom. The highest BCUT2D eigenvalue weighted by Crippen LogP contribution is 2.31. The van der Waals surface area contributed by atoms with Gasteiger partial charge in [0.25, 0.3) is 11.8 Å². The Kier molecular flexibility index (Phi) is 13.1. The number of hydrogen-bond acceptors (Lipinski definition) is 6. The van der Waals surface area contributed by atoms with Gasteiger partial charge in [0.1, 0.15) is 5.75 Å². The van der Waals surface area contributed by atoms with E-state index < -0.39 is 0 Å². The van der Waals surface area contributed by atoms with Crippen LogP contribution in [0.25, 0.3) is 0 Å². The zero-order valence-corrected chi connectivity index (χ0v) is 27.6. The molecule has 4 rings (SSSR count). The maximum Gasteiger partial charge on any atom is 0.255 e. The van der Waals surface area contributed by atoms with Crippen LogP contribution in [0.15, 0.2) is 66.7 Å². The van der Waals surface area contributed by atoms with Gasteiger partial charge in [0.2, 0.25) is 0 Å². The SMILES string of the molecule is CCCCCCc1ccc(C(=O)Nc2ccc(N3CCN(c4ccccc4OC)CC3)c(C(=O)NCCN(CC)CC)c2)cc1. The average molecular weight is 614 g/mol. The second kappa shape index (κ2) is 17.4. The molecule has 8 nitrogen and oxygen atoms in total. The first kappa shape index (κ1) is 33.8. The van der Waals surface area contributed by atoms with E-state index in [0.717, 1.165) is 69.4 Å². The molecular weight excluding hydrogens is 562 g/mol. The number of benzene rings is 3. The smallest absolute Gasteiger partial charge is 0.255 e. The van der Waals surface area contributed by atoms with Crippen molar-refractivity contribution in [2.45, 2.75) is 52.9 Å². The number of para-hydroxylation sites is 2. The summed E-state index contributed by atoms with van der Waals surface area (Å²) >= 11 is 0. The summed E-state index contributed by atoms with van der Waals surface area (Å²) in [5, 5.41) is 6.15. The minimum Gasteiger partial charge on any atom is -0.495 e. The molecule has 1 fully saturated rings. The van der Waals surface area contributed by atoms with Crippen molar-refractivity contribution in [2.24, 2.45) is 0 Å². The molecule has 2 N–H and O–H groups in total. The molecule has 3 aromatic carbocycles. The molecule has 0 aliphatic carbocycles. The number of carbonyl (C=O) groups is 2. The van der Waals surface area contributed by atoms with E-state index in [1.54, 1.807) is 7.11 Å². The molecule has 0 atom stereocenters. The normalized spacial score (nSPS) is 13.2. The lowest BCUT2D eigenvalue weighted by Gasteiger charge is -2.38. The maximum absolute atomic E-state index is 13.6. The zero-order valence-electron chi connectivity index (χ0n) is 27.6. The van der Waals surface area contributed by atoms with Crippen LogP contribution in [0.1, 0.15) is 72.7 Å². The molecule has 0 bridgehead atoms. The highest BCUT2D eigenvalue weighted by molar-refractivity contribution is 6.06. The number of ether oxygens (including phenoxy) is 1. The number of piperazine rings is 1. The second-order valence-electron chi connectivity index (χ2n) is 11.6. The predicted octanol–water partition coefficient (Wildman–Crippen LogP) is 6.47. The monoisotopic (exact) mass is 613 g/mol. The van der Waals surface area contributed by atoms with Crippen LogP contribution in [0, 0.1) is 0 Å². The molecule has 0 saturated carbocycles. The van der Waals surface area contributed by atoms with E-state index in [2.05, 4.69) is 52.2 Å². The number of carbonyl (C=O) groups excluding carboxylic acids is 2. The van der Waals surface area contributed by atoms with E-state index >= 15 is 0 Å². The molecule has 1 aliphatic rings. The third-order valence-electron chi connectivity index (χ3n) is 8.69. The molecule has 0 aromatic heterocycles. The fourth-order valence-corrected chi connectivity index (χ4v) is 5.90. The van der Waals surface area contributed by atoms with Crippen molar-refractivity contribution in [3.63, 3.8) is 0 Å². The number of rotatable bonds is 16. The van der Waals surface area contributed by atoms with Crippen LogP contribution in [0.5, 0.6) is 5.75 Å². The van der Waals surface area contributed by atoms with Gasteiger partial charge < -0.3 is 30.1 Å². The van der Waals surface area contributed by atoms with Gasteiger partial charge in [-0.3, -0.25) is 9.59 Å². The van der Waals surface area contributed by atoms with E-state index in [1.165, 1.54) is 31.2 Å². The Balaban J connectivity index is 1.47. The van der Waals surface area contributed by atoms with Crippen molar-refractivity contribution >= 4 is 28.9 Å². The number of likely N-dealkylation sites (N-methyl/N-ethyl adjacent to an activating group) is 1. The molecule has 0 unspecified atom stereocenters. The first-order valence-corrected chi connectivity index (χ1v) is 16.6. The first-order valence-electron chi connectivity index (χ1n) is 16.6. The van der Waals surface area contributed by atoms with Crippen molar-refractivity contribution in [3.05, 3.63) is 83.4 Å². The molecule has 1 aliphatic heterocycles.